The number of hydrogen-bond acceptors (Lipinski definition) is 2. The van der Waals surface area contributed by atoms with Crippen LogP contribution in [0.3, 0.4) is 0 Å². The Morgan fingerprint density at radius 1 is 1.62 bits per heavy atom. The molecule has 0 bridgehead atoms. The second-order valence-corrected chi connectivity index (χ2v) is 5.25. The van der Waals surface area contributed by atoms with Gasteiger partial charge in [-0.05, 0) is 25.7 Å². The fraction of sp³-hybridized carbons (Fsp3) is 0.769. The number of rotatable bonds is 5. The highest BCUT2D eigenvalue weighted by molar-refractivity contribution is 5.80. The molecule has 0 spiro atoms. The van der Waals surface area contributed by atoms with Crippen molar-refractivity contribution in [2.75, 3.05) is 6.61 Å². The van der Waals surface area contributed by atoms with Crippen molar-refractivity contribution in [3.63, 3.8) is 0 Å². The average molecular weight is 225 g/mol. The number of hydrogen-bond donors (Lipinski definition) is 1. The SMILES string of the molecule is C=CC[C@]1(C)CCC(=O)N1[C@@H](CO)C(C)C. The van der Waals surface area contributed by atoms with Gasteiger partial charge in [0.2, 0.25) is 5.91 Å². The van der Waals surface area contributed by atoms with Gasteiger partial charge < -0.3 is 10.0 Å². The molecule has 0 aromatic heterocycles. The van der Waals surface area contributed by atoms with Gasteiger partial charge >= 0.3 is 0 Å². The van der Waals surface area contributed by atoms with Gasteiger partial charge in [0.1, 0.15) is 0 Å². The summed E-state index contributed by atoms with van der Waals surface area (Å²) in [4.78, 5) is 13.8. The molecular formula is C13H23NO2. The summed E-state index contributed by atoms with van der Waals surface area (Å²) in [6, 6.07) is -0.0695. The van der Waals surface area contributed by atoms with E-state index in [0.717, 1.165) is 12.8 Å². The molecular weight excluding hydrogens is 202 g/mol. The van der Waals surface area contributed by atoms with Crippen LogP contribution in [0.4, 0.5) is 0 Å². The van der Waals surface area contributed by atoms with Gasteiger partial charge in [-0.3, -0.25) is 4.79 Å². The van der Waals surface area contributed by atoms with Crippen molar-refractivity contribution in [2.45, 2.75) is 51.6 Å². The summed E-state index contributed by atoms with van der Waals surface area (Å²) in [5.41, 5.74) is -0.156. The minimum atomic E-state index is -0.156. The van der Waals surface area contributed by atoms with Crippen molar-refractivity contribution in [1.82, 2.24) is 4.90 Å². The van der Waals surface area contributed by atoms with Crippen LogP contribution in [0.15, 0.2) is 12.7 Å². The predicted molar refractivity (Wildman–Crippen MR) is 65.0 cm³/mol. The van der Waals surface area contributed by atoms with Crippen molar-refractivity contribution in [3.8, 4) is 0 Å². The lowest BCUT2D eigenvalue weighted by atomic mass is 9.91. The van der Waals surface area contributed by atoms with Gasteiger partial charge in [-0.2, -0.15) is 0 Å². The fourth-order valence-electron chi connectivity index (χ4n) is 2.61. The molecule has 1 aliphatic rings. The number of likely N-dealkylation sites (tertiary alicyclic amines) is 1. The zero-order valence-electron chi connectivity index (χ0n) is 10.6. The van der Waals surface area contributed by atoms with E-state index in [0.29, 0.717) is 6.42 Å². The minimum Gasteiger partial charge on any atom is -0.394 e. The van der Waals surface area contributed by atoms with Gasteiger partial charge in [-0.15, -0.1) is 6.58 Å². The largest absolute Gasteiger partial charge is 0.394 e. The quantitative estimate of drug-likeness (QED) is 0.727. The van der Waals surface area contributed by atoms with Crippen molar-refractivity contribution in [2.24, 2.45) is 5.92 Å². The first-order valence-electron chi connectivity index (χ1n) is 6.00. The summed E-state index contributed by atoms with van der Waals surface area (Å²) >= 11 is 0. The molecule has 0 radical (unpaired) electrons. The lowest BCUT2D eigenvalue weighted by Crippen LogP contribution is -2.52. The predicted octanol–water partition coefficient (Wildman–Crippen LogP) is 1.96. The topological polar surface area (TPSA) is 40.5 Å². The highest BCUT2D eigenvalue weighted by atomic mass is 16.3. The van der Waals surface area contributed by atoms with Gasteiger partial charge in [0, 0.05) is 12.0 Å². The van der Waals surface area contributed by atoms with Crippen LogP contribution in [-0.4, -0.2) is 34.1 Å². The minimum absolute atomic E-state index is 0.0378. The normalized spacial score (nSPS) is 27.6. The summed E-state index contributed by atoms with van der Waals surface area (Å²) in [5, 5.41) is 9.46. The molecule has 0 aliphatic carbocycles. The summed E-state index contributed by atoms with van der Waals surface area (Å²) in [6.07, 6.45) is 4.11. The molecule has 0 unspecified atom stereocenters. The maximum absolute atomic E-state index is 12.0. The first-order chi connectivity index (χ1) is 7.46. The van der Waals surface area contributed by atoms with Crippen molar-refractivity contribution in [1.29, 1.82) is 0 Å². The van der Waals surface area contributed by atoms with Gasteiger partial charge in [0.25, 0.3) is 0 Å². The first-order valence-corrected chi connectivity index (χ1v) is 6.00. The molecule has 3 nitrogen and oxygen atoms in total. The highest BCUT2D eigenvalue weighted by Crippen LogP contribution is 2.36. The molecule has 1 amide bonds. The van der Waals surface area contributed by atoms with Gasteiger partial charge in [-0.1, -0.05) is 19.9 Å². The molecule has 0 aromatic rings. The van der Waals surface area contributed by atoms with Crippen molar-refractivity contribution >= 4 is 5.91 Å². The molecule has 0 aromatic carbocycles. The smallest absolute Gasteiger partial charge is 0.223 e. The van der Waals surface area contributed by atoms with Crippen LogP contribution in [0.2, 0.25) is 0 Å². The number of amides is 1. The standard InChI is InChI=1S/C13H23NO2/c1-5-7-13(4)8-6-12(16)14(13)11(9-15)10(2)3/h5,10-11,15H,1,6-9H2,2-4H3/t11-,13+/m0/s1. The number of nitrogens with zero attached hydrogens (tertiary/aromatic N) is 1. The summed E-state index contributed by atoms with van der Waals surface area (Å²) in [7, 11) is 0. The van der Waals surface area contributed by atoms with E-state index in [1.54, 1.807) is 0 Å². The van der Waals surface area contributed by atoms with Crippen LogP contribution in [-0.2, 0) is 4.79 Å². The molecule has 1 aliphatic heterocycles. The van der Waals surface area contributed by atoms with Crippen LogP contribution in [0, 0.1) is 5.92 Å². The summed E-state index contributed by atoms with van der Waals surface area (Å²) < 4.78 is 0. The number of aliphatic hydroxyl groups excluding tert-OH is 1. The van der Waals surface area contributed by atoms with Crippen molar-refractivity contribution < 1.29 is 9.90 Å². The van der Waals surface area contributed by atoms with Crippen LogP contribution < -0.4 is 0 Å². The number of carbonyl (C=O) groups excluding carboxylic acids is 1. The monoisotopic (exact) mass is 225 g/mol. The third-order valence-electron chi connectivity index (χ3n) is 3.60. The maximum Gasteiger partial charge on any atom is 0.223 e. The Labute approximate surface area is 98.1 Å². The Morgan fingerprint density at radius 2 is 2.25 bits per heavy atom. The number of aliphatic hydroxyl groups is 1. The Hall–Kier alpha value is -0.830. The molecule has 16 heavy (non-hydrogen) atoms. The van der Waals surface area contributed by atoms with Crippen molar-refractivity contribution in [3.05, 3.63) is 12.7 Å². The Bertz CT molecular complexity index is 275. The molecule has 1 fully saturated rings. The van der Waals surface area contributed by atoms with Crippen LogP contribution in [0.1, 0.15) is 40.0 Å². The third-order valence-corrected chi connectivity index (χ3v) is 3.60. The molecule has 3 heteroatoms. The van der Waals surface area contributed by atoms with E-state index < -0.39 is 0 Å². The zero-order chi connectivity index (χ0) is 12.3. The number of carbonyl (C=O) groups is 1. The zero-order valence-corrected chi connectivity index (χ0v) is 10.6. The second-order valence-electron chi connectivity index (χ2n) is 5.25. The van der Waals surface area contributed by atoms with Gasteiger partial charge in [0.15, 0.2) is 0 Å². The van der Waals surface area contributed by atoms with Crippen LogP contribution in [0.5, 0.6) is 0 Å². The lowest BCUT2D eigenvalue weighted by Gasteiger charge is -2.41. The fourth-order valence-corrected chi connectivity index (χ4v) is 2.61. The second kappa shape index (κ2) is 5.00. The average Bonchev–Trinajstić information content (AvgIpc) is 2.47. The Balaban J connectivity index is 2.96. The molecule has 2 atom stereocenters. The maximum atomic E-state index is 12.0. The molecule has 1 saturated heterocycles. The van der Waals surface area contributed by atoms with E-state index in [4.69, 9.17) is 0 Å². The third kappa shape index (κ3) is 2.29. The lowest BCUT2D eigenvalue weighted by molar-refractivity contribution is -0.136. The molecule has 92 valence electrons. The first kappa shape index (κ1) is 13.2. The van der Waals surface area contributed by atoms with Gasteiger partial charge in [-0.25, -0.2) is 0 Å². The van der Waals surface area contributed by atoms with Gasteiger partial charge in [0.05, 0.1) is 12.6 Å². The van der Waals surface area contributed by atoms with E-state index in [2.05, 4.69) is 13.5 Å². The van der Waals surface area contributed by atoms with E-state index in [-0.39, 0.29) is 30.0 Å². The Kier molecular flexibility index (Phi) is 4.14. The van der Waals surface area contributed by atoms with E-state index >= 15 is 0 Å². The highest BCUT2D eigenvalue weighted by Gasteiger charge is 2.44. The Morgan fingerprint density at radius 3 is 2.69 bits per heavy atom. The van der Waals surface area contributed by atoms with E-state index in [9.17, 15) is 9.90 Å². The molecule has 1 heterocycles. The van der Waals surface area contributed by atoms with Crippen LogP contribution >= 0.6 is 0 Å². The molecule has 0 saturated carbocycles. The van der Waals surface area contributed by atoms with E-state index in [1.807, 2.05) is 24.8 Å². The molecule has 1 N–H and O–H groups in total. The summed E-state index contributed by atoms with van der Waals surface area (Å²) in [6.45, 7) is 9.97. The van der Waals surface area contributed by atoms with Crippen LogP contribution in [0.25, 0.3) is 0 Å². The van der Waals surface area contributed by atoms with E-state index in [1.165, 1.54) is 0 Å². The molecule has 1 rings (SSSR count). The summed E-state index contributed by atoms with van der Waals surface area (Å²) in [5.74, 6) is 0.438.